The van der Waals surface area contributed by atoms with Crippen LogP contribution < -0.4 is 19.9 Å². The van der Waals surface area contributed by atoms with Crippen LogP contribution in [0.15, 0.2) is 52.2 Å². The Balaban J connectivity index is 1.53. The minimum atomic E-state index is -3.76. The molecule has 2 heterocycles. The fraction of sp³-hybridized carbons (Fsp3) is 0.278. The lowest BCUT2D eigenvalue weighted by Crippen LogP contribution is -2.40. The van der Waals surface area contributed by atoms with Crippen molar-refractivity contribution in [1.29, 1.82) is 0 Å². The van der Waals surface area contributed by atoms with E-state index in [1.54, 1.807) is 32.3 Å². The van der Waals surface area contributed by atoms with Gasteiger partial charge in [0.05, 0.1) is 22.5 Å². The van der Waals surface area contributed by atoms with Crippen molar-refractivity contribution in [3.8, 4) is 11.5 Å². The van der Waals surface area contributed by atoms with Crippen molar-refractivity contribution in [3.05, 3.63) is 52.9 Å². The first-order valence-corrected chi connectivity index (χ1v) is 9.89. The number of para-hydroxylation sites is 2. The van der Waals surface area contributed by atoms with Gasteiger partial charge in [-0.25, -0.2) is 17.9 Å². The molecule has 0 amide bonds. The zero-order valence-corrected chi connectivity index (χ0v) is 15.7. The van der Waals surface area contributed by atoms with E-state index >= 15 is 0 Å². The number of sulfonamides is 1. The van der Waals surface area contributed by atoms with Gasteiger partial charge in [-0.15, -0.1) is 0 Å². The van der Waals surface area contributed by atoms with Gasteiger partial charge in [0.25, 0.3) is 0 Å². The Morgan fingerprint density at radius 3 is 2.56 bits per heavy atom. The number of benzene rings is 2. The first-order valence-electron chi connectivity index (χ1n) is 8.40. The quantitative estimate of drug-likeness (QED) is 0.719. The van der Waals surface area contributed by atoms with E-state index in [2.05, 4.69) is 4.72 Å². The van der Waals surface area contributed by atoms with E-state index < -0.39 is 16.1 Å². The van der Waals surface area contributed by atoms with Crippen LogP contribution in [-0.2, 0) is 24.1 Å². The summed E-state index contributed by atoms with van der Waals surface area (Å²) in [5.74, 6) is 1.24. The standard InChI is InChI=1S/C18H19N3O5S/c1-20-14-8-7-13(9-15(14)21(2)18(20)22)27(23,24)19-10-12-11-25-16-5-3-4-6-17(16)26-12/h3-9,12,19H,10-11H2,1-2H3. The smallest absolute Gasteiger partial charge is 0.328 e. The Morgan fingerprint density at radius 2 is 1.78 bits per heavy atom. The van der Waals surface area contributed by atoms with Crippen LogP contribution in [0, 0.1) is 0 Å². The van der Waals surface area contributed by atoms with E-state index in [-0.39, 0.29) is 23.7 Å². The van der Waals surface area contributed by atoms with Gasteiger partial charge < -0.3 is 9.47 Å². The van der Waals surface area contributed by atoms with Crippen molar-refractivity contribution in [2.45, 2.75) is 11.0 Å². The van der Waals surface area contributed by atoms with Crippen LogP contribution in [0.1, 0.15) is 0 Å². The zero-order valence-electron chi connectivity index (χ0n) is 14.9. The molecule has 0 radical (unpaired) electrons. The molecule has 2 aromatic carbocycles. The van der Waals surface area contributed by atoms with Gasteiger partial charge in [-0.2, -0.15) is 0 Å². The lowest BCUT2D eigenvalue weighted by atomic mass is 10.2. The molecule has 1 atom stereocenters. The molecule has 0 fully saturated rings. The Kier molecular flexibility index (Phi) is 4.20. The highest BCUT2D eigenvalue weighted by Crippen LogP contribution is 2.30. The van der Waals surface area contributed by atoms with Gasteiger partial charge in [0.1, 0.15) is 12.7 Å². The molecule has 1 aliphatic heterocycles. The van der Waals surface area contributed by atoms with Crippen LogP contribution in [0.5, 0.6) is 11.5 Å². The van der Waals surface area contributed by atoms with Gasteiger partial charge in [0, 0.05) is 14.1 Å². The highest BCUT2D eigenvalue weighted by molar-refractivity contribution is 7.89. The Hall–Kier alpha value is -2.78. The zero-order chi connectivity index (χ0) is 19.2. The number of hydrogen-bond acceptors (Lipinski definition) is 5. The molecule has 9 heteroatoms. The van der Waals surface area contributed by atoms with Crippen molar-refractivity contribution in [2.24, 2.45) is 14.1 Å². The second kappa shape index (κ2) is 6.43. The van der Waals surface area contributed by atoms with Gasteiger partial charge in [0.2, 0.25) is 10.0 Å². The van der Waals surface area contributed by atoms with Crippen molar-refractivity contribution >= 4 is 21.1 Å². The molecule has 4 rings (SSSR count). The van der Waals surface area contributed by atoms with E-state index in [1.165, 1.54) is 21.3 Å². The molecule has 0 bridgehead atoms. The molecule has 3 aromatic rings. The third kappa shape index (κ3) is 3.08. The lowest BCUT2D eigenvalue weighted by Gasteiger charge is -2.26. The Bertz CT molecular complexity index is 1180. The van der Waals surface area contributed by atoms with Crippen molar-refractivity contribution < 1.29 is 17.9 Å². The fourth-order valence-electron chi connectivity index (χ4n) is 3.10. The monoisotopic (exact) mass is 389 g/mol. The summed E-state index contributed by atoms with van der Waals surface area (Å²) in [6.07, 6.45) is -0.431. The molecule has 0 saturated carbocycles. The summed E-state index contributed by atoms with van der Waals surface area (Å²) in [4.78, 5) is 12.1. The van der Waals surface area contributed by atoms with E-state index in [0.717, 1.165) is 0 Å². The predicted octanol–water partition coefficient (Wildman–Crippen LogP) is 0.995. The molecule has 1 aliphatic rings. The number of ether oxygens (including phenoxy) is 2. The summed E-state index contributed by atoms with van der Waals surface area (Å²) in [6.45, 7) is 0.328. The van der Waals surface area contributed by atoms with Crippen LogP contribution in [0.4, 0.5) is 0 Å². The summed E-state index contributed by atoms with van der Waals surface area (Å²) in [5, 5.41) is 0. The molecule has 1 unspecified atom stereocenters. The highest BCUT2D eigenvalue weighted by Gasteiger charge is 2.24. The van der Waals surface area contributed by atoms with Crippen molar-refractivity contribution in [1.82, 2.24) is 13.9 Å². The Morgan fingerprint density at radius 1 is 1.07 bits per heavy atom. The largest absolute Gasteiger partial charge is 0.486 e. The number of rotatable bonds is 4. The maximum Gasteiger partial charge on any atom is 0.328 e. The van der Waals surface area contributed by atoms with E-state index in [1.807, 2.05) is 12.1 Å². The molecule has 0 aliphatic carbocycles. The van der Waals surface area contributed by atoms with E-state index in [9.17, 15) is 13.2 Å². The van der Waals surface area contributed by atoms with Gasteiger partial charge >= 0.3 is 5.69 Å². The summed E-state index contributed by atoms with van der Waals surface area (Å²) in [7, 11) is -0.501. The number of imidazole rings is 1. The highest BCUT2D eigenvalue weighted by atomic mass is 32.2. The van der Waals surface area contributed by atoms with Crippen molar-refractivity contribution in [2.75, 3.05) is 13.2 Å². The number of fused-ring (bicyclic) bond motifs is 2. The maximum absolute atomic E-state index is 12.7. The predicted molar refractivity (Wildman–Crippen MR) is 99.7 cm³/mol. The summed E-state index contributed by atoms with van der Waals surface area (Å²) in [6, 6.07) is 11.9. The topological polar surface area (TPSA) is 91.6 Å². The summed E-state index contributed by atoms with van der Waals surface area (Å²) >= 11 is 0. The van der Waals surface area contributed by atoms with Gasteiger partial charge in [-0.3, -0.25) is 9.13 Å². The van der Waals surface area contributed by atoms with Gasteiger partial charge in [-0.05, 0) is 30.3 Å². The van der Waals surface area contributed by atoms with Crippen molar-refractivity contribution in [3.63, 3.8) is 0 Å². The average Bonchev–Trinajstić information content (AvgIpc) is 2.90. The number of aromatic nitrogens is 2. The van der Waals surface area contributed by atoms with Crippen LogP contribution in [0.25, 0.3) is 11.0 Å². The molecular formula is C18H19N3O5S. The fourth-order valence-corrected chi connectivity index (χ4v) is 4.19. The van der Waals surface area contributed by atoms with Crippen LogP contribution in [0.2, 0.25) is 0 Å². The Labute approximate surface area is 156 Å². The normalized spacial score (nSPS) is 16.6. The molecule has 0 spiro atoms. The van der Waals surface area contributed by atoms with Crippen LogP contribution >= 0.6 is 0 Å². The lowest BCUT2D eigenvalue weighted by molar-refractivity contribution is 0.0943. The van der Waals surface area contributed by atoms with Gasteiger partial charge in [-0.1, -0.05) is 12.1 Å². The minimum absolute atomic E-state index is 0.0719. The average molecular weight is 389 g/mol. The summed E-state index contributed by atoms with van der Waals surface area (Å²) < 4.78 is 42.1. The minimum Gasteiger partial charge on any atom is -0.486 e. The van der Waals surface area contributed by atoms with Crippen LogP contribution in [-0.4, -0.2) is 36.8 Å². The molecule has 142 valence electrons. The second-order valence-electron chi connectivity index (χ2n) is 6.40. The second-order valence-corrected chi connectivity index (χ2v) is 8.17. The summed E-state index contributed by atoms with van der Waals surface area (Å²) in [5.41, 5.74) is 1.01. The first kappa shape index (κ1) is 17.6. The molecule has 0 saturated heterocycles. The molecule has 27 heavy (non-hydrogen) atoms. The number of nitrogens with zero attached hydrogens (tertiary/aromatic N) is 2. The SMILES string of the molecule is Cn1c(=O)n(C)c2cc(S(=O)(=O)NCC3COc4ccccc4O3)ccc21. The third-order valence-electron chi connectivity index (χ3n) is 4.62. The first-order chi connectivity index (χ1) is 12.9. The number of aryl methyl sites for hydroxylation is 2. The number of hydrogen-bond donors (Lipinski definition) is 1. The van der Waals surface area contributed by atoms with Crippen LogP contribution in [0.3, 0.4) is 0 Å². The molecule has 8 nitrogen and oxygen atoms in total. The third-order valence-corrected chi connectivity index (χ3v) is 6.04. The maximum atomic E-state index is 12.7. The molecule has 1 N–H and O–H groups in total. The van der Waals surface area contributed by atoms with E-state index in [4.69, 9.17) is 9.47 Å². The number of nitrogens with one attached hydrogen (secondary N) is 1. The molecule has 1 aromatic heterocycles. The van der Waals surface area contributed by atoms with E-state index in [0.29, 0.717) is 22.5 Å². The molecular weight excluding hydrogens is 370 g/mol. The van der Waals surface area contributed by atoms with Gasteiger partial charge in [0.15, 0.2) is 11.5 Å².